The molecule has 1 aliphatic heterocycles. The van der Waals surface area contributed by atoms with Gasteiger partial charge >= 0.3 is 0 Å². The fourth-order valence-corrected chi connectivity index (χ4v) is 2.41. The Morgan fingerprint density at radius 2 is 1.90 bits per heavy atom. The van der Waals surface area contributed by atoms with Gasteiger partial charge in [0, 0.05) is 13.1 Å². The Morgan fingerprint density at radius 1 is 1.20 bits per heavy atom. The first-order valence-electron chi connectivity index (χ1n) is 7.10. The number of amides is 1. The fraction of sp³-hybridized carbons (Fsp3) is 0.500. The Balaban J connectivity index is 2.01. The second-order valence-corrected chi connectivity index (χ2v) is 5.29. The molecule has 2 rings (SSSR count). The molecule has 0 aromatic heterocycles. The molecule has 0 N–H and O–H groups in total. The summed E-state index contributed by atoms with van der Waals surface area (Å²) in [7, 11) is 0. The molecule has 0 radical (unpaired) electrons. The SMILES string of the molecule is CC(=O)c1ccc(C)cc1OCC(=O)N1CCCCC1. The van der Waals surface area contributed by atoms with Gasteiger partial charge in [-0.1, -0.05) is 6.07 Å². The van der Waals surface area contributed by atoms with Crippen LogP contribution in [0.4, 0.5) is 0 Å². The van der Waals surface area contributed by atoms with Crippen molar-refractivity contribution in [3.8, 4) is 5.75 Å². The number of rotatable bonds is 4. The molecule has 1 fully saturated rings. The molecule has 0 atom stereocenters. The van der Waals surface area contributed by atoms with Gasteiger partial charge in [-0.25, -0.2) is 0 Å². The number of ketones is 1. The number of hydrogen-bond acceptors (Lipinski definition) is 3. The van der Waals surface area contributed by atoms with E-state index in [-0.39, 0.29) is 18.3 Å². The minimum absolute atomic E-state index is 0.000656. The summed E-state index contributed by atoms with van der Waals surface area (Å²) in [6, 6.07) is 5.43. The van der Waals surface area contributed by atoms with E-state index in [4.69, 9.17) is 4.74 Å². The molecule has 1 aromatic rings. The number of benzene rings is 1. The van der Waals surface area contributed by atoms with Crippen molar-refractivity contribution in [2.75, 3.05) is 19.7 Å². The van der Waals surface area contributed by atoms with Gasteiger partial charge in [-0.2, -0.15) is 0 Å². The number of nitrogens with zero attached hydrogens (tertiary/aromatic N) is 1. The number of carbonyl (C=O) groups is 2. The monoisotopic (exact) mass is 275 g/mol. The highest BCUT2D eigenvalue weighted by Crippen LogP contribution is 2.21. The van der Waals surface area contributed by atoms with Crippen LogP contribution in [0.3, 0.4) is 0 Å². The van der Waals surface area contributed by atoms with Gasteiger partial charge < -0.3 is 9.64 Å². The molecule has 0 aliphatic carbocycles. The minimum atomic E-state index is -0.0505. The summed E-state index contributed by atoms with van der Waals surface area (Å²) in [5.41, 5.74) is 1.54. The number of carbonyl (C=O) groups excluding carboxylic acids is 2. The summed E-state index contributed by atoms with van der Waals surface area (Å²) < 4.78 is 5.58. The van der Waals surface area contributed by atoms with Gasteiger partial charge in [-0.3, -0.25) is 9.59 Å². The van der Waals surface area contributed by atoms with Crippen molar-refractivity contribution in [2.24, 2.45) is 0 Å². The molecule has 108 valence electrons. The number of aryl methyl sites for hydroxylation is 1. The quantitative estimate of drug-likeness (QED) is 0.793. The van der Waals surface area contributed by atoms with Crippen molar-refractivity contribution in [2.45, 2.75) is 33.1 Å². The van der Waals surface area contributed by atoms with E-state index < -0.39 is 0 Å². The lowest BCUT2D eigenvalue weighted by Crippen LogP contribution is -2.38. The van der Waals surface area contributed by atoms with E-state index in [9.17, 15) is 9.59 Å². The van der Waals surface area contributed by atoms with Crippen LogP contribution in [0.25, 0.3) is 0 Å². The van der Waals surface area contributed by atoms with Gasteiger partial charge in [0.05, 0.1) is 5.56 Å². The second kappa shape index (κ2) is 6.55. The van der Waals surface area contributed by atoms with Gasteiger partial charge in [0.15, 0.2) is 12.4 Å². The maximum absolute atomic E-state index is 12.1. The van der Waals surface area contributed by atoms with Crippen LogP contribution >= 0.6 is 0 Å². The largest absolute Gasteiger partial charge is 0.483 e. The average molecular weight is 275 g/mol. The lowest BCUT2D eigenvalue weighted by molar-refractivity contribution is -0.134. The van der Waals surface area contributed by atoms with Crippen LogP contribution < -0.4 is 4.74 Å². The third-order valence-electron chi connectivity index (χ3n) is 3.58. The molecule has 1 aromatic carbocycles. The van der Waals surface area contributed by atoms with Gasteiger partial charge in [0.25, 0.3) is 5.91 Å². The number of ether oxygens (including phenoxy) is 1. The third-order valence-corrected chi connectivity index (χ3v) is 3.58. The lowest BCUT2D eigenvalue weighted by Gasteiger charge is -2.26. The predicted molar refractivity (Wildman–Crippen MR) is 77.1 cm³/mol. The average Bonchev–Trinajstić information content (AvgIpc) is 2.45. The summed E-state index contributed by atoms with van der Waals surface area (Å²) in [4.78, 5) is 25.4. The van der Waals surface area contributed by atoms with Crippen molar-refractivity contribution in [1.82, 2.24) is 4.90 Å². The first-order valence-corrected chi connectivity index (χ1v) is 7.10. The Hall–Kier alpha value is -1.84. The normalized spacial score (nSPS) is 15.0. The molecule has 1 aliphatic rings. The van der Waals surface area contributed by atoms with E-state index in [2.05, 4.69) is 0 Å². The highest BCUT2D eigenvalue weighted by molar-refractivity contribution is 5.97. The summed E-state index contributed by atoms with van der Waals surface area (Å²) in [6.07, 6.45) is 3.32. The van der Waals surface area contributed by atoms with E-state index >= 15 is 0 Å². The number of likely N-dealkylation sites (tertiary alicyclic amines) is 1. The topological polar surface area (TPSA) is 46.6 Å². The zero-order valence-electron chi connectivity index (χ0n) is 12.1. The van der Waals surface area contributed by atoms with Gasteiger partial charge in [-0.05, 0) is 50.8 Å². The molecule has 20 heavy (non-hydrogen) atoms. The Kier molecular flexibility index (Phi) is 4.77. The van der Waals surface area contributed by atoms with Crippen LogP contribution in [0, 0.1) is 6.92 Å². The zero-order valence-corrected chi connectivity index (χ0v) is 12.1. The predicted octanol–water partition coefficient (Wildman–Crippen LogP) is 2.59. The zero-order chi connectivity index (χ0) is 14.5. The third kappa shape index (κ3) is 3.59. The van der Waals surface area contributed by atoms with Crippen molar-refractivity contribution < 1.29 is 14.3 Å². The first-order chi connectivity index (χ1) is 9.58. The highest BCUT2D eigenvalue weighted by atomic mass is 16.5. The van der Waals surface area contributed by atoms with E-state index in [1.54, 1.807) is 12.1 Å². The van der Waals surface area contributed by atoms with Gasteiger partial charge in [0.1, 0.15) is 5.75 Å². The van der Waals surface area contributed by atoms with Gasteiger partial charge in [0.2, 0.25) is 0 Å². The first kappa shape index (κ1) is 14.6. The minimum Gasteiger partial charge on any atom is -0.483 e. The number of Topliss-reactive ketones (excluding diaryl/α,β-unsaturated/α-hetero) is 1. The molecular weight excluding hydrogens is 254 g/mol. The molecule has 0 unspecified atom stereocenters. The molecule has 1 heterocycles. The fourth-order valence-electron chi connectivity index (χ4n) is 2.41. The summed E-state index contributed by atoms with van der Waals surface area (Å²) >= 11 is 0. The van der Waals surface area contributed by atoms with Crippen LogP contribution in [0.5, 0.6) is 5.75 Å². The summed E-state index contributed by atoms with van der Waals surface area (Å²) in [5.74, 6) is 0.453. The Labute approximate surface area is 119 Å². The van der Waals surface area contributed by atoms with E-state index in [1.807, 2.05) is 17.9 Å². The van der Waals surface area contributed by atoms with Crippen LogP contribution in [0.15, 0.2) is 18.2 Å². The molecule has 4 nitrogen and oxygen atoms in total. The van der Waals surface area contributed by atoms with Crippen LogP contribution in [0.1, 0.15) is 42.1 Å². The highest BCUT2D eigenvalue weighted by Gasteiger charge is 2.18. The van der Waals surface area contributed by atoms with Crippen LogP contribution in [-0.4, -0.2) is 36.3 Å². The smallest absolute Gasteiger partial charge is 0.260 e. The van der Waals surface area contributed by atoms with Crippen molar-refractivity contribution in [3.63, 3.8) is 0 Å². The standard InChI is InChI=1S/C16H21NO3/c1-12-6-7-14(13(2)18)15(10-12)20-11-16(19)17-8-4-3-5-9-17/h6-7,10H,3-5,8-9,11H2,1-2H3. The second-order valence-electron chi connectivity index (χ2n) is 5.29. The number of hydrogen-bond donors (Lipinski definition) is 0. The molecule has 1 amide bonds. The summed E-state index contributed by atoms with van der Waals surface area (Å²) in [6.45, 7) is 5.07. The Morgan fingerprint density at radius 3 is 2.55 bits per heavy atom. The van der Waals surface area contributed by atoms with E-state index in [0.717, 1.165) is 31.5 Å². The molecule has 0 bridgehead atoms. The van der Waals surface area contributed by atoms with Gasteiger partial charge in [-0.15, -0.1) is 0 Å². The molecule has 4 heteroatoms. The number of piperidine rings is 1. The lowest BCUT2D eigenvalue weighted by atomic mass is 10.1. The molecular formula is C16H21NO3. The summed E-state index contributed by atoms with van der Waals surface area (Å²) in [5, 5.41) is 0. The molecule has 0 saturated carbocycles. The van der Waals surface area contributed by atoms with Crippen LogP contribution in [0.2, 0.25) is 0 Å². The Bertz CT molecular complexity index is 504. The molecule has 1 saturated heterocycles. The van der Waals surface area contributed by atoms with E-state index in [1.165, 1.54) is 13.3 Å². The maximum atomic E-state index is 12.1. The van der Waals surface area contributed by atoms with Crippen molar-refractivity contribution in [1.29, 1.82) is 0 Å². The van der Waals surface area contributed by atoms with Crippen LogP contribution in [-0.2, 0) is 4.79 Å². The van der Waals surface area contributed by atoms with Crippen molar-refractivity contribution in [3.05, 3.63) is 29.3 Å². The molecule has 0 spiro atoms. The maximum Gasteiger partial charge on any atom is 0.260 e. The van der Waals surface area contributed by atoms with E-state index in [0.29, 0.717) is 11.3 Å². The van der Waals surface area contributed by atoms with Crippen molar-refractivity contribution >= 4 is 11.7 Å².